The number of aromatic amines is 2. The molecule has 3 heterocycles. The monoisotopic (exact) mass is 708 g/mol. The van der Waals surface area contributed by atoms with Crippen molar-refractivity contribution in [1.82, 2.24) is 29.7 Å². The Morgan fingerprint density at radius 3 is 2.12 bits per heavy atom. The van der Waals surface area contributed by atoms with Crippen LogP contribution in [0.5, 0.6) is 5.75 Å². The Hall–Kier alpha value is -4.74. The first-order valence-corrected chi connectivity index (χ1v) is 18.4. The van der Waals surface area contributed by atoms with E-state index < -0.39 is 0 Å². The van der Waals surface area contributed by atoms with Crippen molar-refractivity contribution < 1.29 is 23.8 Å². The summed E-state index contributed by atoms with van der Waals surface area (Å²) in [6, 6.07) is 15.0. The molecule has 1 aliphatic heterocycles. The largest absolute Gasteiger partial charge is 0.488 e. The fourth-order valence-corrected chi connectivity index (χ4v) is 6.81. The number of hydrogen-bond donors (Lipinski definition) is 2. The van der Waals surface area contributed by atoms with Gasteiger partial charge in [0.1, 0.15) is 24.0 Å². The molecule has 0 saturated heterocycles. The molecule has 0 radical (unpaired) electrons. The Morgan fingerprint density at radius 1 is 0.827 bits per heavy atom. The summed E-state index contributed by atoms with van der Waals surface area (Å²) in [5, 5.41) is 2.06. The van der Waals surface area contributed by atoms with Gasteiger partial charge in [-0.1, -0.05) is 32.0 Å². The van der Waals surface area contributed by atoms with Crippen LogP contribution < -0.4 is 4.74 Å². The van der Waals surface area contributed by atoms with E-state index in [1.54, 1.807) is 14.2 Å². The Kier molecular flexibility index (Phi) is 11.3. The van der Waals surface area contributed by atoms with Gasteiger partial charge in [0.2, 0.25) is 11.8 Å². The van der Waals surface area contributed by atoms with Crippen molar-refractivity contribution in [1.29, 1.82) is 0 Å². The van der Waals surface area contributed by atoms with Crippen LogP contribution in [0.1, 0.15) is 84.4 Å². The van der Waals surface area contributed by atoms with E-state index in [4.69, 9.17) is 19.2 Å². The number of hydrogen-bond acceptors (Lipinski definition) is 7. The highest BCUT2D eigenvalue weighted by molar-refractivity contribution is 6.07. The van der Waals surface area contributed by atoms with Crippen LogP contribution in [0.15, 0.2) is 48.7 Å². The summed E-state index contributed by atoms with van der Waals surface area (Å²) in [5.74, 6) is 2.42. The Labute approximate surface area is 306 Å². The average Bonchev–Trinajstić information content (AvgIpc) is 3.81. The van der Waals surface area contributed by atoms with Gasteiger partial charge in [0, 0.05) is 37.3 Å². The fourth-order valence-electron chi connectivity index (χ4n) is 6.81. The maximum absolute atomic E-state index is 13.2. The summed E-state index contributed by atoms with van der Waals surface area (Å²) in [6.45, 7) is 13.4. The smallest absolute Gasteiger partial charge is 0.225 e. The van der Waals surface area contributed by atoms with E-state index >= 15 is 0 Å². The number of carbonyl (C=O) groups excluding carboxylic acids is 2. The molecule has 0 unspecified atom stereocenters. The number of imidazole rings is 2. The van der Waals surface area contributed by atoms with Gasteiger partial charge in [-0.05, 0) is 86.9 Å². The molecule has 11 nitrogen and oxygen atoms in total. The van der Waals surface area contributed by atoms with Gasteiger partial charge in [-0.15, -0.1) is 0 Å². The molecule has 0 fully saturated rings. The number of nitrogens with one attached hydrogen (secondary N) is 2. The van der Waals surface area contributed by atoms with E-state index in [1.165, 1.54) is 0 Å². The minimum Gasteiger partial charge on any atom is -0.488 e. The Balaban J connectivity index is 1.24. The lowest BCUT2D eigenvalue weighted by Crippen LogP contribution is -2.39. The normalized spacial score (nSPS) is 14.7. The zero-order chi connectivity index (χ0) is 37.1. The summed E-state index contributed by atoms with van der Waals surface area (Å²) in [7, 11) is 3.26. The van der Waals surface area contributed by atoms with E-state index in [-0.39, 0.29) is 36.1 Å². The summed E-state index contributed by atoms with van der Waals surface area (Å²) >= 11 is 0. The molecule has 0 spiro atoms. The van der Waals surface area contributed by atoms with Crippen LogP contribution in [-0.2, 0) is 38.8 Å². The van der Waals surface area contributed by atoms with Gasteiger partial charge in [0.05, 0.1) is 61.1 Å². The van der Waals surface area contributed by atoms with Gasteiger partial charge in [-0.25, -0.2) is 9.97 Å². The van der Waals surface area contributed by atoms with E-state index in [9.17, 15) is 9.59 Å². The van der Waals surface area contributed by atoms with Crippen LogP contribution in [0.4, 0.5) is 0 Å². The van der Waals surface area contributed by atoms with E-state index in [2.05, 4.69) is 85.1 Å². The molecular formula is C41H52N6O5. The second kappa shape index (κ2) is 15.9. The van der Waals surface area contributed by atoms with Gasteiger partial charge < -0.3 is 34.0 Å². The molecule has 2 N–H and O–H groups in total. The number of aromatic nitrogens is 4. The van der Waals surface area contributed by atoms with E-state index in [0.29, 0.717) is 32.5 Å². The van der Waals surface area contributed by atoms with Crippen molar-refractivity contribution in [2.75, 3.05) is 14.2 Å². The molecule has 276 valence electrons. The molecule has 0 aliphatic carbocycles. The summed E-state index contributed by atoms with van der Waals surface area (Å²) in [6.07, 6.45) is 3.90. The average molecular weight is 709 g/mol. The number of rotatable bonds is 15. The lowest BCUT2D eigenvalue weighted by molar-refractivity contribution is -0.137. The quantitative estimate of drug-likeness (QED) is 0.114. The summed E-state index contributed by atoms with van der Waals surface area (Å²) in [4.78, 5) is 46.6. The van der Waals surface area contributed by atoms with Gasteiger partial charge in [-0.2, -0.15) is 0 Å². The molecule has 4 atom stereocenters. The predicted molar refractivity (Wildman–Crippen MR) is 204 cm³/mol. The molecule has 11 heteroatoms. The molecule has 2 amide bonds. The van der Waals surface area contributed by atoms with Crippen molar-refractivity contribution >= 4 is 33.6 Å². The van der Waals surface area contributed by atoms with Crippen LogP contribution in [0, 0.1) is 0 Å². The summed E-state index contributed by atoms with van der Waals surface area (Å²) < 4.78 is 17.1. The number of carbonyl (C=O) groups is 2. The van der Waals surface area contributed by atoms with Gasteiger partial charge in [0.15, 0.2) is 0 Å². The second-order valence-electron chi connectivity index (χ2n) is 14.2. The standard InChI is InChI=1S/C41H52N6O5/c1-9-24(3)46(39(48)15-26(5)50-7)21-37-42-20-35(44-37)29-11-13-31-30(17-29)23-52-36-19-32-28(18-33(31)36)12-14-34-41(32)45-38(43-34)22-47(25(4)10-2)40(49)16-27(6)51-8/h11-14,17-20,24-27H,9-10,15-16,21-23H2,1-8H3,(H,42,44)(H,43,45)/t24-,25-,26-,27-/m0/s1. The molecule has 0 bridgehead atoms. The number of amides is 2. The summed E-state index contributed by atoms with van der Waals surface area (Å²) in [5.41, 5.74) is 6.93. The third-order valence-electron chi connectivity index (χ3n) is 10.6. The minimum absolute atomic E-state index is 0.0550. The van der Waals surface area contributed by atoms with Gasteiger partial charge in [-0.3, -0.25) is 9.59 Å². The molecule has 1 aliphatic rings. The van der Waals surface area contributed by atoms with Crippen LogP contribution >= 0.6 is 0 Å². The van der Waals surface area contributed by atoms with Crippen molar-refractivity contribution in [3.8, 4) is 28.1 Å². The predicted octanol–water partition coefficient (Wildman–Crippen LogP) is 7.77. The van der Waals surface area contributed by atoms with E-state index in [1.807, 2.05) is 29.8 Å². The maximum Gasteiger partial charge on any atom is 0.225 e. The van der Waals surface area contributed by atoms with Crippen molar-refractivity contribution in [3.05, 3.63) is 65.9 Å². The minimum atomic E-state index is -0.149. The first-order chi connectivity index (χ1) is 25.0. The topological polar surface area (TPSA) is 126 Å². The molecule has 2 aromatic heterocycles. The highest BCUT2D eigenvalue weighted by Gasteiger charge is 2.25. The fraction of sp³-hybridized carbons (Fsp3) is 0.463. The number of benzene rings is 3. The number of nitrogens with zero attached hydrogens (tertiary/aromatic N) is 4. The molecule has 5 aromatic rings. The van der Waals surface area contributed by atoms with Crippen molar-refractivity contribution in [2.24, 2.45) is 0 Å². The second-order valence-corrected chi connectivity index (χ2v) is 14.2. The molecule has 0 saturated carbocycles. The van der Waals surface area contributed by atoms with Crippen molar-refractivity contribution in [3.63, 3.8) is 0 Å². The molecule has 3 aromatic carbocycles. The molecule has 52 heavy (non-hydrogen) atoms. The van der Waals surface area contributed by atoms with E-state index in [0.717, 1.165) is 80.0 Å². The van der Waals surface area contributed by atoms with Gasteiger partial charge >= 0.3 is 0 Å². The van der Waals surface area contributed by atoms with Crippen molar-refractivity contribution in [2.45, 2.75) is 111 Å². The Morgan fingerprint density at radius 2 is 1.48 bits per heavy atom. The third kappa shape index (κ3) is 7.71. The number of methoxy groups -OCH3 is 2. The zero-order valence-electron chi connectivity index (χ0n) is 31.7. The molecular weight excluding hydrogens is 656 g/mol. The first kappa shape index (κ1) is 37.0. The zero-order valence-corrected chi connectivity index (χ0v) is 31.7. The number of ether oxygens (including phenoxy) is 3. The Bertz CT molecular complexity index is 2050. The third-order valence-corrected chi connectivity index (χ3v) is 10.6. The highest BCUT2D eigenvalue weighted by Crippen LogP contribution is 2.42. The number of H-pyrrole nitrogens is 2. The lowest BCUT2D eigenvalue weighted by atomic mass is 9.92. The van der Waals surface area contributed by atoms with Crippen LogP contribution in [0.25, 0.3) is 44.2 Å². The van der Waals surface area contributed by atoms with Gasteiger partial charge in [0.25, 0.3) is 0 Å². The SMILES string of the molecule is CC[C@H](C)N(Cc1ncc(-c2ccc3c(c2)COc2cc4c(ccc5[nH]c(CN(C(=O)C[C@H](C)OC)[C@@H](C)CC)nc54)cc2-3)[nH]1)C(=O)C[C@H](C)OC. The number of fused-ring (bicyclic) bond motifs is 6. The first-order valence-electron chi connectivity index (χ1n) is 18.4. The highest BCUT2D eigenvalue weighted by atomic mass is 16.5. The van der Waals surface area contributed by atoms with Crippen LogP contribution in [0.3, 0.4) is 0 Å². The lowest BCUT2D eigenvalue weighted by Gasteiger charge is -2.28. The molecule has 6 rings (SSSR count). The maximum atomic E-state index is 13.2. The van der Waals surface area contributed by atoms with Crippen LogP contribution in [0.2, 0.25) is 0 Å². The van der Waals surface area contributed by atoms with Crippen LogP contribution in [-0.4, -0.2) is 80.1 Å².